The molecule has 4 rings (SSSR count). The van der Waals surface area contributed by atoms with Crippen LogP contribution >= 0.6 is 0 Å². The lowest BCUT2D eigenvalue weighted by Gasteiger charge is -2.10. The number of nitrogens with two attached hydrogens (primary N) is 1. The molecule has 1 amide bonds. The first-order chi connectivity index (χ1) is 17.2. The highest BCUT2D eigenvalue weighted by Gasteiger charge is 2.26. The number of amides is 1. The van der Waals surface area contributed by atoms with E-state index in [2.05, 4.69) is 15.3 Å². The highest BCUT2D eigenvalue weighted by molar-refractivity contribution is 7.90. The molecule has 10 heteroatoms. The van der Waals surface area contributed by atoms with Crippen LogP contribution in [-0.4, -0.2) is 44.4 Å². The van der Waals surface area contributed by atoms with Crippen molar-refractivity contribution >= 4 is 39.1 Å². The van der Waals surface area contributed by atoms with Gasteiger partial charge in [0.25, 0.3) is 11.9 Å². The molecule has 3 aromatic carbocycles. The molecule has 1 atom stereocenters. The maximum atomic E-state index is 12.8. The summed E-state index contributed by atoms with van der Waals surface area (Å²) in [7, 11) is -3.37. The molecule has 0 radical (unpaired) electrons. The van der Waals surface area contributed by atoms with Gasteiger partial charge < -0.3 is 15.8 Å². The zero-order chi connectivity index (χ0) is 26.3. The normalized spacial score (nSPS) is 15.3. The van der Waals surface area contributed by atoms with E-state index in [0.29, 0.717) is 11.4 Å². The fourth-order valence-electron chi connectivity index (χ4n) is 3.32. The van der Waals surface area contributed by atoms with E-state index in [1.54, 1.807) is 12.1 Å². The Hall–Kier alpha value is -4.31. The number of amidine groups is 1. The number of benzene rings is 3. The summed E-state index contributed by atoms with van der Waals surface area (Å²) >= 11 is 0. The van der Waals surface area contributed by atoms with Crippen LogP contribution in [0, 0.1) is 5.41 Å². The van der Waals surface area contributed by atoms with Gasteiger partial charge in [0.2, 0.25) is 12.1 Å². The van der Waals surface area contributed by atoms with E-state index >= 15 is 0 Å². The second-order valence-corrected chi connectivity index (χ2v) is 9.46. The molecule has 0 aromatic heterocycles. The van der Waals surface area contributed by atoms with Crippen molar-refractivity contribution in [2.75, 3.05) is 11.6 Å². The van der Waals surface area contributed by atoms with Gasteiger partial charge in [-0.25, -0.2) is 13.4 Å². The molecule has 9 nitrogen and oxygen atoms in total. The third kappa shape index (κ3) is 6.22. The van der Waals surface area contributed by atoms with Gasteiger partial charge in [-0.2, -0.15) is 4.99 Å². The highest BCUT2D eigenvalue weighted by atomic mass is 32.2. The Morgan fingerprint density at radius 2 is 1.61 bits per heavy atom. The monoisotopic (exact) mass is 505 g/mol. The largest absolute Gasteiger partial charge is 0.407 e. The number of carbonyl (C=O) groups is 1. The van der Waals surface area contributed by atoms with Crippen LogP contribution in [0.1, 0.15) is 30.5 Å². The molecule has 0 fully saturated rings. The summed E-state index contributed by atoms with van der Waals surface area (Å²) in [5.74, 6) is -0.861. The second-order valence-electron chi connectivity index (χ2n) is 7.45. The van der Waals surface area contributed by atoms with Crippen LogP contribution < -0.4 is 11.1 Å². The molecule has 1 heterocycles. The molecule has 0 saturated carbocycles. The molecule has 0 bridgehead atoms. The number of anilines is 1. The van der Waals surface area contributed by atoms with Gasteiger partial charge in [-0.1, -0.05) is 62.4 Å². The van der Waals surface area contributed by atoms with E-state index in [0.717, 1.165) is 17.4 Å². The number of carbonyl (C=O) groups excluding carboxylic acids is 1. The maximum Gasteiger partial charge on any atom is 0.291 e. The number of nitrogens with zero attached hydrogens (tertiary/aromatic N) is 2. The molecular weight excluding hydrogens is 478 g/mol. The molecule has 1 unspecified atom stereocenters. The third-order valence-corrected chi connectivity index (χ3v) is 6.10. The Labute approximate surface area is 210 Å². The third-order valence-electron chi connectivity index (χ3n) is 4.97. The zero-order valence-corrected chi connectivity index (χ0v) is 20.9. The van der Waals surface area contributed by atoms with E-state index in [1.807, 2.05) is 56.3 Å². The van der Waals surface area contributed by atoms with Gasteiger partial charge in [0.05, 0.1) is 16.3 Å². The summed E-state index contributed by atoms with van der Waals surface area (Å²) in [5.41, 5.74) is 8.85. The van der Waals surface area contributed by atoms with Crippen molar-refractivity contribution in [1.82, 2.24) is 0 Å². The minimum Gasteiger partial charge on any atom is -0.407 e. The fraction of sp³-hybridized carbons (Fsp3) is 0.154. The standard InChI is InChI=1S/C24H21N5O4S.C2H6/c1-34(31,32)17-13-11-16(12-14-17)21(25)33-24(26)29-22-23(30)27-19-10-6-5-9-18(19)20(28-22)15-7-3-2-4-8-15;1-2/h2-14,22,25H,1H3,(H2,26,29)(H,27,30);1-2H3. The lowest BCUT2D eigenvalue weighted by molar-refractivity contribution is -0.117. The molecule has 1 aliphatic heterocycles. The quantitative estimate of drug-likeness (QED) is 0.366. The molecule has 4 N–H and O–H groups in total. The summed E-state index contributed by atoms with van der Waals surface area (Å²) in [5, 5.41) is 10.9. The minimum absolute atomic E-state index is 0.114. The van der Waals surface area contributed by atoms with Crippen molar-refractivity contribution in [3.05, 3.63) is 95.6 Å². The Kier molecular flexibility index (Phi) is 8.34. The lowest BCUT2D eigenvalue weighted by Crippen LogP contribution is -2.29. The van der Waals surface area contributed by atoms with E-state index in [9.17, 15) is 13.2 Å². The number of nitrogens with one attached hydrogen (secondary N) is 2. The van der Waals surface area contributed by atoms with E-state index in [-0.39, 0.29) is 16.4 Å². The summed E-state index contributed by atoms with van der Waals surface area (Å²) in [4.78, 5) is 21.6. The van der Waals surface area contributed by atoms with Crippen molar-refractivity contribution in [1.29, 1.82) is 5.41 Å². The summed E-state index contributed by atoms with van der Waals surface area (Å²) in [6, 6.07) is 21.8. The zero-order valence-electron chi connectivity index (χ0n) is 20.1. The van der Waals surface area contributed by atoms with Gasteiger partial charge in [-0.3, -0.25) is 10.2 Å². The molecular formula is C26H27N5O4S. The van der Waals surface area contributed by atoms with Gasteiger partial charge in [0.1, 0.15) is 0 Å². The number of hydrogen-bond donors (Lipinski definition) is 3. The molecule has 0 saturated heterocycles. The first-order valence-electron chi connectivity index (χ1n) is 11.2. The summed E-state index contributed by atoms with van der Waals surface area (Å²) < 4.78 is 28.5. The van der Waals surface area contributed by atoms with Crippen LogP contribution in [0.2, 0.25) is 0 Å². The van der Waals surface area contributed by atoms with Crippen LogP contribution in [0.4, 0.5) is 5.69 Å². The SMILES string of the molecule is CC.CS(=O)(=O)c1ccc(C(=N)O/C(N)=N/C2N=C(c3ccccc3)c3ccccc3NC2=O)cc1. The molecule has 36 heavy (non-hydrogen) atoms. The molecule has 0 aliphatic carbocycles. The van der Waals surface area contributed by atoms with E-state index in [4.69, 9.17) is 15.9 Å². The predicted molar refractivity (Wildman–Crippen MR) is 141 cm³/mol. The molecule has 1 aliphatic rings. The Balaban J connectivity index is 0.00000176. The second kappa shape index (κ2) is 11.4. The number of sulfone groups is 1. The number of hydrogen-bond acceptors (Lipinski definition) is 7. The number of rotatable bonds is 4. The van der Waals surface area contributed by atoms with Crippen LogP contribution in [-0.2, 0) is 19.4 Å². The minimum atomic E-state index is -3.37. The van der Waals surface area contributed by atoms with Crippen LogP contribution in [0.25, 0.3) is 0 Å². The summed E-state index contributed by atoms with van der Waals surface area (Å²) in [6.45, 7) is 4.00. The first kappa shape index (κ1) is 26.3. The smallest absolute Gasteiger partial charge is 0.291 e. The number of fused-ring (bicyclic) bond motifs is 1. The predicted octanol–water partition coefficient (Wildman–Crippen LogP) is 3.59. The van der Waals surface area contributed by atoms with E-state index in [1.165, 1.54) is 24.3 Å². The van der Waals surface area contributed by atoms with Gasteiger partial charge in [0, 0.05) is 22.9 Å². The highest BCUT2D eigenvalue weighted by Crippen LogP contribution is 2.24. The van der Waals surface area contributed by atoms with Gasteiger partial charge in [0.15, 0.2) is 9.84 Å². The van der Waals surface area contributed by atoms with Crippen molar-refractivity contribution in [2.45, 2.75) is 24.9 Å². The van der Waals surface area contributed by atoms with Gasteiger partial charge >= 0.3 is 0 Å². The number of aliphatic imine (C=N–C) groups is 2. The van der Waals surface area contributed by atoms with Crippen LogP contribution in [0.3, 0.4) is 0 Å². The lowest BCUT2D eigenvalue weighted by atomic mass is 10.0. The average Bonchev–Trinajstić information content (AvgIpc) is 3.01. The van der Waals surface area contributed by atoms with Gasteiger partial charge in [-0.05, 0) is 30.3 Å². The topological polar surface area (TPSA) is 147 Å². The van der Waals surface area contributed by atoms with Crippen molar-refractivity contribution in [3.8, 4) is 0 Å². The average molecular weight is 506 g/mol. The molecule has 3 aromatic rings. The molecule has 0 spiro atoms. The Morgan fingerprint density at radius 1 is 1.00 bits per heavy atom. The van der Waals surface area contributed by atoms with Crippen molar-refractivity contribution < 1.29 is 17.9 Å². The van der Waals surface area contributed by atoms with Crippen molar-refractivity contribution in [3.63, 3.8) is 0 Å². The Morgan fingerprint density at radius 3 is 2.25 bits per heavy atom. The number of benzodiazepines with no additional fused rings is 1. The van der Waals surface area contributed by atoms with Gasteiger partial charge in [-0.15, -0.1) is 0 Å². The van der Waals surface area contributed by atoms with Crippen LogP contribution in [0.5, 0.6) is 0 Å². The molecule has 186 valence electrons. The number of ether oxygens (including phenoxy) is 1. The fourth-order valence-corrected chi connectivity index (χ4v) is 3.95. The van der Waals surface area contributed by atoms with Crippen molar-refractivity contribution in [2.24, 2.45) is 15.7 Å². The first-order valence-corrected chi connectivity index (χ1v) is 13.0. The van der Waals surface area contributed by atoms with E-state index < -0.39 is 27.9 Å². The van der Waals surface area contributed by atoms with Crippen LogP contribution in [0.15, 0.2) is 93.7 Å². The summed E-state index contributed by atoms with van der Waals surface area (Å²) in [6.07, 6.45) is -0.155. The maximum absolute atomic E-state index is 12.8. The Bertz CT molecular complexity index is 1420. The number of para-hydroxylation sites is 1.